The fraction of sp³-hybridized carbons (Fsp3) is 0.0909. The summed E-state index contributed by atoms with van der Waals surface area (Å²) in [5.74, 6) is -0.0901. The number of aromatic nitrogens is 1. The lowest BCUT2D eigenvalue weighted by Crippen LogP contribution is -2.14. The first kappa shape index (κ1) is 16.5. The number of fused-ring (bicyclic) bond motifs is 1. The van der Waals surface area contributed by atoms with Gasteiger partial charge in [0.05, 0.1) is 10.2 Å². The zero-order valence-corrected chi connectivity index (χ0v) is 15.4. The summed E-state index contributed by atoms with van der Waals surface area (Å²) in [5, 5.41) is 4.01. The van der Waals surface area contributed by atoms with E-state index in [1.54, 1.807) is 11.3 Å². The zero-order valence-electron chi connectivity index (χ0n) is 14.6. The van der Waals surface area contributed by atoms with Gasteiger partial charge in [0.25, 0.3) is 5.91 Å². The Morgan fingerprint density at radius 1 is 0.923 bits per heavy atom. The fourth-order valence-corrected chi connectivity index (χ4v) is 3.86. The number of anilines is 1. The van der Waals surface area contributed by atoms with E-state index in [2.05, 4.69) is 17.4 Å². The molecule has 0 unspecified atom stereocenters. The lowest BCUT2D eigenvalue weighted by Gasteiger charge is -2.11. The Kier molecular flexibility index (Phi) is 4.27. The molecule has 0 radical (unpaired) electrons. The molecule has 0 saturated carbocycles. The van der Waals surface area contributed by atoms with E-state index in [1.165, 1.54) is 0 Å². The molecule has 26 heavy (non-hydrogen) atoms. The summed E-state index contributed by atoms with van der Waals surface area (Å²) in [6, 6.07) is 21.8. The maximum absolute atomic E-state index is 12.7. The Bertz CT molecular complexity index is 1080. The summed E-state index contributed by atoms with van der Waals surface area (Å²) in [7, 11) is 0. The molecule has 0 fully saturated rings. The third-order valence-electron chi connectivity index (χ3n) is 4.42. The monoisotopic (exact) mass is 358 g/mol. The third-order valence-corrected chi connectivity index (χ3v) is 5.50. The van der Waals surface area contributed by atoms with Crippen molar-refractivity contribution in [2.75, 3.05) is 5.32 Å². The predicted molar refractivity (Wildman–Crippen MR) is 109 cm³/mol. The molecule has 0 aliphatic rings. The van der Waals surface area contributed by atoms with Gasteiger partial charge in [-0.05, 0) is 49.2 Å². The van der Waals surface area contributed by atoms with Crippen molar-refractivity contribution in [3.8, 4) is 10.6 Å². The van der Waals surface area contributed by atoms with Crippen LogP contribution in [0.1, 0.15) is 21.5 Å². The number of carbonyl (C=O) groups is 1. The van der Waals surface area contributed by atoms with E-state index in [1.807, 2.05) is 68.4 Å². The molecule has 4 aromatic rings. The summed E-state index contributed by atoms with van der Waals surface area (Å²) in [6.07, 6.45) is 0. The number of thiazole rings is 1. The van der Waals surface area contributed by atoms with E-state index in [9.17, 15) is 4.79 Å². The highest BCUT2D eigenvalue weighted by atomic mass is 32.1. The van der Waals surface area contributed by atoms with Crippen LogP contribution in [0.15, 0.2) is 66.7 Å². The van der Waals surface area contributed by atoms with Gasteiger partial charge in [0.1, 0.15) is 5.01 Å². The van der Waals surface area contributed by atoms with Crippen LogP contribution in [0.3, 0.4) is 0 Å². The summed E-state index contributed by atoms with van der Waals surface area (Å²) in [5.41, 5.74) is 5.50. The number of nitrogens with one attached hydrogen (secondary N) is 1. The molecule has 4 heteroatoms. The maximum Gasteiger partial charge on any atom is 0.255 e. The van der Waals surface area contributed by atoms with Crippen molar-refractivity contribution in [3.63, 3.8) is 0 Å². The Morgan fingerprint density at radius 3 is 2.50 bits per heavy atom. The minimum Gasteiger partial charge on any atom is -0.322 e. The fourth-order valence-electron chi connectivity index (χ4n) is 2.90. The predicted octanol–water partition coefficient (Wildman–Crippen LogP) is 5.83. The van der Waals surface area contributed by atoms with Crippen LogP contribution in [0.2, 0.25) is 0 Å². The summed E-state index contributed by atoms with van der Waals surface area (Å²) in [6.45, 7) is 3.94. The van der Waals surface area contributed by atoms with E-state index in [4.69, 9.17) is 4.98 Å². The van der Waals surface area contributed by atoms with Crippen molar-refractivity contribution in [1.29, 1.82) is 0 Å². The molecule has 0 aliphatic heterocycles. The number of amides is 1. The van der Waals surface area contributed by atoms with Gasteiger partial charge < -0.3 is 5.32 Å². The van der Waals surface area contributed by atoms with Gasteiger partial charge in [0.2, 0.25) is 0 Å². The number of hydrogen-bond donors (Lipinski definition) is 1. The summed E-state index contributed by atoms with van der Waals surface area (Å²) < 4.78 is 1.16. The Hall–Kier alpha value is -2.98. The van der Waals surface area contributed by atoms with Crippen LogP contribution in [-0.4, -0.2) is 10.9 Å². The molecule has 128 valence electrons. The Balaban J connectivity index is 1.68. The van der Waals surface area contributed by atoms with Gasteiger partial charge in [0.15, 0.2) is 0 Å². The van der Waals surface area contributed by atoms with E-state index in [-0.39, 0.29) is 5.91 Å². The molecule has 3 aromatic carbocycles. The summed E-state index contributed by atoms with van der Waals surface area (Å²) >= 11 is 1.66. The van der Waals surface area contributed by atoms with Gasteiger partial charge in [-0.25, -0.2) is 4.98 Å². The van der Waals surface area contributed by atoms with Gasteiger partial charge in [-0.2, -0.15) is 0 Å². The second kappa shape index (κ2) is 6.73. The van der Waals surface area contributed by atoms with Crippen LogP contribution in [0, 0.1) is 13.8 Å². The standard InChI is InChI=1S/C22H18N2OS/c1-14-7-3-4-8-17(14)21(25)23-19-13-16(12-11-15(19)2)22-24-18-9-5-6-10-20(18)26-22/h3-13H,1-2H3,(H,23,25). The molecular formula is C22H18N2OS. The first-order chi connectivity index (χ1) is 12.6. The highest BCUT2D eigenvalue weighted by molar-refractivity contribution is 7.21. The molecule has 0 bridgehead atoms. The quantitative estimate of drug-likeness (QED) is 0.500. The molecule has 3 nitrogen and oxygen atoms in total. The van der Waals surface area contributed by atoms with Crippen molar-refractivity contribution in [3.05, 3.63) is 83.4 Å². The number of nitrogens with zero attached hydrogens (tertiary/aromatic N) is 1. The molecule has 0 aliphatic carbocycles. The number of carbonyl (C=O) groups excluding carboxylic acids is 1. The van der Waals surface area contributed by atoms with Crippen LogP contribution in [0.5, 0.6) is 0 Å². The topological polar surface area (TPSA) is 42.0 Å². The van der Waals surface area contributed by atoms with Crippen LogP contribution < -0.4 is 5.32 Å². The molecule has 1 N–H and O–H groups in total. The van der Waals surface area contributed by atoms with Crippen molar-refractivity contribution in [2.45, 2.75) is 13.8 Å². The van der Waals surface area contributed by atoms with Gasteiger partial charge in [-0.3, -0.25) is 4.79 Å². The van der Waals surface area contributed by atoms with Gasteiger partial charge >= 0.3 is 0 Å². The molecule has 0 saturated heterocycles. The second-order valence-electron chi connectivity index (χ2n) is 6.29. The second-order valence-corrected chi connectivity index (χ2v) is 7.32. The average molecular weight is 358 g/mol. The molecule has 0 spiro atoms. The van der Waals surface area contributed by atoms with Crippen molar-refractivity contribution in [1.82, 2.24) is 4.98 Å². The van der Waals surface area contributed by atoms with Gasteiger partial charge in [0, 0.05) is 16.8 Å². The van der Waals surface area contributed by atoms with Crippen LogP contribution in [-0.2, 0) is 0 Å². The number of aryl methyl sites for hydroxylation is 2. The summed E-state index contributed by atoms with van der Waals surface area (Å²) in [4.78, 5) is 17.4. The highest BCUT2D eigenvalue weighted by Crippen LogP contribution is 2.32. The van der Waals surface area contributed by atoms with E-state index in [0.717, 1.165) is 37.6 Å². The van der Waals surface area contributed by atoms with E-state index >= 15 is 0 Å². The first-order valence-electron chi connectivity index (χ1n) is 8.45. The number of hydrogen-bond acceptors (Lipinski definition) is 3. The van der Waals surface area contributed by atoms with Crippen molar-refractivity contribution < 1.29 is 4.79 Å². The van der Waals surface area contributed by atoms with Crippen molar-refractivity contribution in [2.24, 2.45) is 0 Å². The third kappa shape index (κ3) is 3.11. The minimum atomic E-state index is -0.0901. The molecule has 1 aromatic heterocycles. The van der Waals surface area contributed by atoms with Crippen LogP contribution in [0.25, 0.3) is 20.8 Å². The number of para-hydroxylation sites is 1. The lowest BCUT2D eigenvalue weighted by atomic mass is 10.1. The molecule has 1 heterocycles. The Morgan fingerprint density at radius 2 is 1.69 bits per heavy atom. The average Bonchev–Trinajstić information content (AvgIpc) is 3.08. The lowest BCUT2D eigenvalue weighted by molar-refractivity contribution is 0.102. The maximum atomic E-state index is 12.7. The highest BCUT2D eigenvalue weighted by Gasteiger charge is 2.12. The van der Waals surface area contributed by atoms with Gasteiger partial charge in [-0.15, -0.1) is 11.3 Å². The molecule has 0 atom stereocenters. The normalized spacial score (nSPS) is 10.8. The Labute approximate surface area is 156 Å². The number of benzene rings is 3. The van der Waals surface area contributed by atoms with Crippen LogP contribution >= 0.6 is 11.3 Å². The smallest absolute Gasteiger partial charge is 0.255 e. The minimum absolute atomic E-state index is 0.0901. The van der Waals surface area contributed by atoms with Crippen molar-refractivity contribution >= 4 is 33.1 Å². The van der Waals surface area contributed by atoms with E-state index in [0.29, 0.717) is 5.56 Å². The largest absolute Gasteiger partial charge is 0.322 e. The SMILES string of the molecule is Cc1ccc(-c2nc3ccccc3s2)cc1NC(=O)c1ccccc1C. The molecule has 1 amide bonds. The van der Waals surface area contributed by atoms with Crippen LogP contribution in [0.4, 0.5) is 5.69 Å². The van der Waals surface area contributed by atoms with E-state index < -0.39 is 0 Å². The van der Waals surface area contributed by atoms with Gasteiger partial charge in [-0.1, -0.05) is 42.5 Å². The number of rotatable bonds is 3. The molecule has 4 rings (SSSR count). The first-order valence-corrected chi connectivity index (χ1v) is 9.27. The molecular weight excluding hydrogens is 340 g/mol. The zero-order chi connectivity index (χ0) is 18.1.